The maximum atomic E-state index is 8.63. The highest BCUT2D eigenvalue weighted by atomic mass is 16.5. The van der Waals surface area contributed by atoms with Crippen LogP contribution in [0.3, 0.4) is 0 Å². The topological polar surface area (TPSA) is 54.7 Å². The first-order valence-electron chi connectivity index (χ1n) is 6.94. The van der Waals surface area contributed by atoms with Crippen LogP contribution in [0.2, 0.25) is 0 Å². The van der Waals surface area contributed by atoms with Crippen LogP contribution >= 0.6 is 0 Å². The van der Waals surface area contributed by atoms with Crippen LogP contribution in [-0.4, -0.2) is 64.7 Å². The van der Waals surface area contributed by atoms with Crippen molar-refractivity contribution in [3.8, 4) is 6.07 Å². The first-order valence-corrected chi connectivity index (χ1v) is 6.94. The van der Waals surface area contributed by atoms with Gasteiger partial charge in [0.15, 0.2) is 0 Å². The van der Waals surface area contributed by atoms with Crippen molar-refractivity contribution in [3.63, 3.8) is 0 Å². The molecule has 0 amide bonds. The molecule has 0 spiro atoms. The molecule has 0 aliphatic heterocycles. The highest BCUT2D eigenvalue weighted by Gasteiger charge is 2.06. The molecule has 5 heteroatoms. The van der Waals surface area contributed by atoms with Gasteiger partial charge in [-0.25, -0.2) is 0 Å². The van der Waals surface area contributed by atoms with Crippen LogP contribution in [0.25, 0.3) is 0 Å². The molecule has 0 aromatic rings. The van der Waals surface area contributed by atoms with Gasteiger partial charge in [-0.2, -0.15) is 5.26 Å². The summed E-state index contributed by atoms with van der Waals surface area (Å²) in [5.74, 6) is 0.607. The number of nitriles is 1. The lowest BCUT2D eigenvalue weighted by molar-refractivity contribution is 0.0190. The van der Waals surface area contributed by atoms with Gasteiger partial charge in [0.25, 0.3) is 0 Å². The summed E-state index contributed by atoms with van der Waals surface area (Å²) < 4.78 is 15.7. The SMILES string of the molecule is COCCOCCOCCN(CCC#N)CC(C)C. The second-order valence-electron chi connectivity index (χ2n) is 4.82. The zero-order valence-corrected chi connectivity index (χ0v) is 12.6. The lowest BCUT2D eigenvalue weighted by Gasteiger charge is -2.23. The van der Waals surface area contributed by atoms with Crippen molar-refractivity contribution in [1.29, 1.82) is 5.26 Å². The van der Waals surface area contributed by atoms with E-state index in [0.29, 0.717) is 45.4 Å². The van der Waals surface area contributed by atoms with Crippen molar-refractivity contribution in [2.75, 3.05) is 59.8 Å². The molecular weight excluding hydrogens is 244 g/mol. The summed E-state index contributed by atoms with van der Waals surface area (Å²) in [6.45, 7) is 10.2. The standard InChI is InChI=1S/C14H28N2O3/c1-14(2)13-16(6-4-5-15)7-8-18-11-12-19-10-9-17-3/h14H,4,6-13H2,1-3H3. The van der Waals surface area contributed by atoms with E-state index in [1.807, 2.05) is 0 Å². The molecule has 0 aliphatic carbocycles. The Morgan fingerprint density at radius 3 is 2.21 bits per heavy atom. The third-order valence-corrected chi connectivity index (χ3v) is 2.52. The number of methoxy groups -OCH3 is 1. The normalized spacial score (nSPS) is 11.2. The molecule has 0 bridgehead atoms. The van der Waals surface area contributed by atoms with Gasteiger partial charge in [0.1, 0.15) is 0 Å². The molecule has 0 unspecified atom stereocenters. The Morgan fingerprint density at radius 2 is 1.63 bits per heavy atom. The summed E-state index contributed by atoms with van der Waals surface area (Å²) in [6, 6.07) is 2.19. The fourth-order valence-electron chi connectivity index (χ4n) is 1.68. The summed E-state index contributed by atoms with van der Waals surface area (Å²) >= 11 is 0. The van der Waals surface area contributed by atoms with Gasteiger partial charge in [0.05, 0.1) is 39.1 Å². The summed E-state index contributed by atoms with van der Waals surface area (Å²) in [7, 11) is 1.66. The van der Waals surface area contributed by atoms with Crippen molar-refractivity contribution < 1.29 is 14.2 Å². The van der Waals surface area contributed by atoms with Gasteiger partial charge in [-0.15, -0.1) is 0 Å². The first-order chi connectivity index (χ1) is 9.20. The number of ether oxygens (including phenoxy) is 3. The highest BCUT2D eigenvalue weighted by Crippen LogP contribution is 1.99. The molecule has 0 saturated carbocycles. The van der Waals surface area contributed by atoms with Crippen molar-refractivity contribution in [2.45, 2.75) is 20.3 Å². The second kappa shape index (κ2) is 13.8. The van der Waals surface area contributed by atoms with Crippen LogP contribution in [0.1, 0.15) is 20.3 Å². The van der Waals surface area contributed by atoms with E-state index in [1.165, 1.54) is 0 Å². The monoisotopic (exact) mass is 272 g/mol. The number of rotatable bonds is 13. The molecule has 0 N–H and O–H groups in total. The quantitative estimate of drug-likeness (QED) is 0.476. The van der Waals surface area contributed by atoms with Crippen LogP contribution in [0.5, 0.6) is 0 Å². The van der Waals surface area contributed by atoms with E-state index in [1.54, 1.807) is 7.11 Å². The minimum Gasteiger partial charge on any atom is -0.382 e. The van der Waals surface area contributed by atoms with E-state index < -0.39 is 0 Å². The average molecular weight is 272 g/mol. The Morgan fingerprint density at radius 1 is 1.00 bits per heavy atom. The van der Waals surface area contributed by atoms with Crippen LogP contribution in [0.4, 0.5) is 0 Å². The van der Waals surface area contributed by atoms with E-state index >= 15 is 0 Å². The van der Waals surface area contributed by atoms with E-state index in [2.05, 4.69) is 24.8 Å². The molecule has 0 rings (SSSR count). The summed E-state index contributed by atoms with van der Waals surface area (Å²) in [6.07, 6.45) is 0.576. The third kappa shape index (κ3) is 13.6. The Hall–Kier alpha value is -0.670. The lowest BCUT2D eigenvalue weighted by Crippen LogP contribution is -2.32. The Balaban J connectivity index is 3.49. The van der Waals surface area contributed by atoms with Crippen molar-refractivity contribution in [1.82, 2.24) is 4.90 Å². The van der Waals surface area contributed by atoms with E-state index in [-0.39, 0.29) is 0 Å². The van der Waals surface area contributed by atoms with Gasteiger partial charge in [-0.05, 0) is 5.92 Å². The minimum atomic E-state index is 0.576. The predicted molar refractivity (Wildman–Crippen MR) is 75.0 cm³/mol. The van der Waals surface area contributed by atoms with Crippen LogP contribution in [-0.2, 0) is 14.2 Å². The molecule has 0 saturated heterocycles. The molecule has 0 aromatic heterocycles. The number of hydrogen-bond donors (Lipinski definition) is 0. The van der Waals surface area contributed by atoms with Crippen molar-refractivity contribution >= 4 is 0 Å². The fourth-order valence-corrected chi connectivity index (χ4v) is 1.68. The minimum absolute atomic E-state index is 0.576. The zero-order chi connectivity index (χ0) is 14.3. The number of nitrogens with zero attached hydrogens (tertiary/aromatic N) is 2. The molecular formula is C14H28N2O3. The summed E-state index contributed by atoms with van der Waals surface area (Å²) in [5, 5.41) is 8.63. The Labute approximate surface area is 117 Å². The predicted octanol–water partition coefficient (Wildman–Crippen LogP) is 1.54. The third-order valence-electron chi connectivity index (χ3n) is 2.52. The molecule has 0 heterocycles. The lowest BCUT2D eigenvalue weighted by atomic mass is 10.2. The van der Waals surface area contributed by atoms with Gasteiger partial charge >= 0.3 is 0 Å². The van der Waals surface area contributed by atoms with Gasteiger partial charge in [0.2, 0.25) is 0 Å². The highest BCUT2D eigenvalue weighted by molar-refractivity contribution is 4.72. The largest absolute Gasteiger partial charge is 0.382 e. The number of hydrogen-bond acceptors (Lipinski definition) is 5. The van der Waals surface area contributed by atoms with E-state index in [9.17, 15) is 0 Å². The van der Waals surface area contributed by atoms with Gasteiger partial charge in [-0.3, -0.25) is 4.90 Å². The van der Waals surface area contributed by atoms with Crippen LogP contribution < -0.4 is 0 Å². The van der Waals surface area contributed by atoms with E-state index in [4.69, 9.17) is 19.5 Å². The Bertz CT molecular complexity index is 229. The van der Waals surface area contributed by atoms with Crippen LogP contribution in [0.15, 0.2) is 0 Å². The summed E-state index contributed by atoms with van der Waals surface area (Å²) in [4.78, 5) is 2.28. The fraction of sp³-hybridized carbons (Fsp3) is 0.929. The van der Waals surface area contributed by atoms with Crippen molar-refractivity contribution in [2.24, 2.45) is 5.92 Å². The molecule has 112 valence electrons. The maximum absolute atomic E-state index is 8.63. The van der Waals surface area contributed by atoms with Crippen LogP contribution in [0, 0.1) is 17.2 Å². The molecule has 19 heavy (non-hydrogen) atoms. The van der Waals surface area contributed by atoms with Gasteiger partial charge in [-0.1, -0.05) is 13.8 Å². The zero-order valence-electron chi connectivity index (χ0n) is 12.6. The summed E-state index contributed by atoms with van der Waals surface area (Å²) in [5.41, 5.74) is 0. The second-order valence-corrected chi connectivity index (χ2v) is 4.82. The molecule has 0 aliphatic rings. The molecule has 0 aromatic carbocycles. The smallest absolute Gasteiger partial charge is 0.0701 e. The molecule has 0 atom stereocenters. The van der Waals surface area contributed by atoms with Crippen molar-refractivity contribution in [3.05, 3.63) is 0 Å². The average Bonchev–Trinajstić information content (AvgIpc) is 2.38. The van der Waals surface area contributed by atoms with E-state index in [0.717, 1.165) is 19.6 Å². The van der Waals surface area contributed by atoms with Gasteiger partial charge < -0.3 is 14.2 Å². The molecule has 5 nitrogen and oxygen atoms in total. The molecule has 0 fully saturated rings. The molecule has 0 radical (unpaired) electrons. The maximum Gasteiger partial charge on any atom is 0.0701 e. The Kier molecular flexibility index (Phi) is 13.3. The first kappa shape index (κ1) is 18.3. The van der Waals surface area contributed by atoms with Gasteiger partial charge in [0, 0.05) is 33.2 Å².